The van der Waals surface area contributed by atoms with Crippen LogP contribution in [0.4, 0.5) is 5.69 Å². The molecular weight excluding hydrogens is 323 g/mol. The molecule has 3 aromatic rings. The zero-order valence-electron chi connectivity index (χ0n) is 10.1. The molecule has 3 rings (SSSR count). The Morgan fingerprint density at radius 1 is 0.900 bits per heavy atom. The van der Waals surface area contributed by atoms with E-state index in [0.717, 1.165) is 10.9 Å². The molecule has 1 heterocycles. The maximum absolute atomic E-state index is 10.9. The summed E-state index contributed by atoms with van der Waals surface area (Å²) in [4.78, 5) is 15.0. The van der Waals surface area contributed by atoms with Gasteiger partial charge in [-0.3, -0.25) is 10.1 Å². The van der Waals surface area contributed by atoms with Gasteiger partial charge >= 0.3 is 0 Å². The van der Waals surface area contributed by atoms with Crippen molar-refractivity contribution in [3.8, 4) is 0 Å². The fourth-order valence-electron chi connectivity index (χ4n) is 1.94. The molecule has 20 heavy (non-hydrogen) atoms. The predicted molar refractivity (Wildman–Crippen MR) is 87.6 cm³/mol. The number of para-hydroxylation sites is 1. The monoisotopic (exact) mass is 332 g/mol. The third kappa shape index (κ3) is 3.10. The quantitative estimate of drug-likeness (QED) is 0.372. The molecule has 0 amide bonds. The van der Waals surface area contributed by atoms with Crippen molar-refractivity contribution < 1.29 is 4.92 Å². The first kappa shape index (κ1) is 18.4. The SMILES string of the molecule is Cl.Cl.Cl.O=[N+]([O-])c1cccc2nc3ccccc3cc12. The minimum atomic E-state index is -0.376. The van der Waals surface area contributed by atoms with Gasteiger partial charge in [0.15, 0.2) is 0 Å². The lowest BCUT2D eigenvalue weighted by Crippen LogP contribution is -1.90. The second-order valence-electron chi connectivity index (χ2n) is 3.78. The number of fused-ring (bicyclic) bond motifs is 2. The van der Waals surface area contributed by atoms with Crippen LogP contribution in [0.25, 0.3) is 21.8 Å². The van der Waals surface area contributed by atoms with E-state index in [1.165, 1.54) is 6.07 Å². The highest BCUT2D eigenvalue weighted by Crippen LogP contribution is 2.27. The van der Waals surface area contributed by atoms with E-state index in [1.807, 2.05) is 30.3 Å². The number of benzene rings is 2. The summed E-state index contributed by atoms with van der Waals surface area (Å²) < 4.78 is 0. The van der Waals surface area contributed by atoms with E-state index in [-0.39, 0.29) is 47.8 Å². The zero-order chi connectivity index (χ0) is 11.8. The molecule has 1 aromatic heterocycles. The number of hydrogen-bond donors (Lipinski definition) is 0. The van der Waals surface area contributed by atoms with Crippen LogP contribution in [0.1, 0.15) is 0 Å². The molecule has 0 fully saturated rings. The normalized spacial score (nSPS) is 9.20. The number of nitro benzene ring substituents is 1. The maximum atomic E-state index is 10.9. The number of hydrogen-bond acceptors (Lipinski definition) is 3. The van der Waals surface area contributed by atoms with Gasteiger partial charge in [0.05, 0.1) is 21.3 Å². The summed E-state index contributed by atoms with van der Waals surface area (Å²) in [5, 5.41) is 12.4. The lowest BCUT2D eigenvalue weighted by molar-refractivity contribution is -0.383. The smallest absolute Gasteiger partial charge is 0.258 e. The fourth-order valence-corrected chi connectivity index (χ4v) is 1.94. The Balaban J connectivity index is 0.00000120. The first-order valence-electron chi connectivity index (χ1n) is 5.18. The Bertz CT molecular complexity index is 750. The molecule has 2 aromatic carbocycles. The average Bonchev–Trinajstić information content (AvgIpc) is 2.35. The molecule has 0 unspecified atom stereocenters. The number of rotatable bonds is 1. The summed E-state index contributed by atoms with van der Waals surface area (Å²) in [6, 6.07) is 14.3. The van der Waals surface area contributed by atoms with Crippen LogP contribution < -0.4 is 0 Å². The van der Waals surface area contributed by atoms with Crippen molar-refractivity contribution in [3.05, 3.63) is 58.6 Å². The molecule has 4 nitrogen and oxygen atoms in total. The van der Waals surface area contributed by atoms with Crippen LogP contribution in [0.15, 0.2) is 48.5 Å². The van der Waals surface area contributed by atoms with Gasteiger partial charge < -0.3 is 0 Å². The van der Waals surface area contributed by atoms with Gasteiger partial charge in [0.2, 0.25) is 0 Å². The van der Waals surface area contributed by atoms with Gasteiger partial charge in [0, 0.05) is 11.5 Å². The number of nitrogens with zero attached hydrogens (tertiary/aromatic N) is 2. The lowest BCUT2D eigenvalue weighted by Gasteiger charge is -2.01. The second-order valence-corrected chi connectivity index (χ2v) is 3.78. The fraction of sp³-hybridized carbons (Fsp3) is 0. The van der Waals surface area contributed by atoms with Gasteiger partial charge in [0.25, 0.3) is 5.69 Å². The number of nitro groups is 1. The van der Waals surface area contributed by atoms with Crippen LogP contribution in [-0.2, 0) is 0 Å². The van der Waals surface area contributed by atoms with Crippen molar-refractivity contribution in [3.63, 3.8) is 0 Å². The molecule has 0 aliphatic rings. The Morgan fingerprint density at radius 3 is 2.25 bits per heavy atom. The highest BCUT2D eigenvalue weighted by atomic mass is 35.5. The summed E-state index contributed by atoms with van der Waals surface area (Å²) >= 11 is 0. The predicted octanol–water partition coefficient (Wildman–Crippen LogP) is 4.56. The lowest BCUT2D eigenvalue weighted by atomic mass is 10.1. The van der Waals surface area contributed by atoms with Crippen LogP contribution in [0.3, 0.4) is 0 Å². The first-order chi connectivity index (χ1) is 8.25. The van der Waals surface area contributed by atoms with Gasteiger partial charge in [-0.15, -0.1) is 37.2 Å². The molecule has 7 heteroatoms. The summed E-state index contributed by atoms with van der Waals surface area (Å²) in [5.74, 6) is 0. The van der Waals surface area contributed by atoms with Crippen LogP contribution in [0.5, 0.6) is 0 Å². The van der Waals surface area contributed by atoms with Crippen molar-refractivity contribution in [1.29, 1.82) is 0 Å². The largest absolute Gasteiger partial charge is 0.278 e. The molecular formula is C13H11Cl3N2O2. The Hall–Kier alpha value is -1.62. The molecule has 0 atom stereocenters. The molecule has 0 spiro atoms. The Labute approximate surface area is 133 Å². The van der Waals surface area contributed by atoms with Gasteiger partial charge in [-0.1, -0.05) is 24.3 Å². The van der Waals surface area contributed by atoms with Gasteiger partial charge in [-0.05, 0) is 18.2 Å². The van der Waals surface area contributed by atoms with Crippen LogP contribution in [0.2, 0.25) is 0 Å². The summed E-state index contributed by atoms with van der Waals surface area (Å²) in [7, 11) is 0. The minimum absolute atomic E-state index is 0. The van der Waals surface area contributed by atoms with E-state index in [2.05, 4.69) is 4.98 Å². The Kier molecular flexibility index (Phi) is 6.65. The molecule has 0 bridgehead atoms. The topological polar surface area (TPSA) is 56.0 Å². The van der Waals surface area contributed by atoms with Gasteiger partial charge in [-0.2, -0.15) is 0 Å². The molecule has 0 aliphatic carbocycles. The Morgan fingerprint density at radius 2 is 1.55 bits per heavy atom. The summed E-state index contributed by atoms with van der Waals surface area (Å²) in [6.45, 7) is 0. The average molecular weight is 334 g/mol. The van der Waals surface area contributed by atoms with Crippen LogP contribution in [-0.4, -0.2) is 9.91 Å². The van der Waals surface area contributed by atoms with Crippen molar-refractivity contribution in [2.45, 2.75) is 0 Å². The number of aromatic nitrogens is 1. The number of halogens is 3. The first-order valence-corrected chi connectivity index (χ1v) is 5.18. The molecule has 0 saturated heterocycles. The highest BCUT2D eigenvalue weighted by Gasteiger charge is 2.12. The van der Waals surface area contributed by atoms with E-state index in [0.29, 0.717) is 10.9 Å². The minimum Gasteiger partial charge on any atom is -0.258 e. The van der Waals surface area contributed by atoms with E-state index >= 15 is 0 Å². The number of pyridine rings is 1. The highest BCUT2D eigenvalue weighted by molar-refractivity contribution is 5.97. The van der Waals surface area contributed by atoms with E-state index in [4.69, 9.17) is 0 Å². The maximum Gasteiger partial charge on any atom is 0.278 e. The van der Waals surface area contributed by atoms with E-state index in [9.17, 15) is 10.1 Å². The molecule has 0 N–H and O–H groups in total. The molecule has 0 radical (unpaired) electrons. The van der Waals surface area contributed by atoms with Crippen molar-refractivity contribution >= 4 is 64.7 Å². The summed E-state index contributed by atoms with van der Waals surface area (Å²) in [6.07, 6.45) is 0. The van der Waals surface area contributed by atoms with Crippen LogP contribution >= 0.6 is 37.2 Å². The molecule has 0 aliphatic heterocycles. The molecule has 0 saturated carbocycles. The second kappa shape index (κ2) is 7.24. The van der Waals surface area contributed by atoms with Crippen molar-refractivity contribution in [1.82, 2.24) is 4.98 Å². The zero-order valence-corrected chi connectivity index (χ0v) is 12.5. The standard InChI is InChI=1S/C13H8N2O2.3ClH/c16-15(17)13-7-3-6-12-10(13)8-9-4-1-2-5-11(9)14-12;;;/h1-8H;3*1H. The van der Waals surface area contributed by atoms with Crippen molar-refractivity contribution in [2.24, 2.45) is 0 Å². The van der Waals surface area contributed by atoms with Gasteiger partial charge in [0.1, 0.15) is 0 Å². The third-order valence-corrected chi connectivity index (χ3v) is 2.73. The van der Waals surface area contributed by atoms with Gasteiger partial charge in [-0.25, -0.2) is 4.98 Å². The van der Waals surface area contributed by atoms with Crippen molar-refractivity contribution in [2.75, 3.05) is 0 Å². The van der Waals surface area contributed by atoms with E-state index in [1.54, 1.807) is 12.1 Å². The molecule has 106 valence electrons. The third-order valence-electron chi connectivity index (χ3n) is 2.73. The number of non-ortho nitro benzene ring substituents is 1. The summed E-state index contributed by atoms with van der Waals surface area (Å²) in [5.41, 5.74) is 1.60. The van der Waals surface area contributed by atoms with E-state index < -0.39 is 0 Å². The van der Waals surface area contributed by atoms with Crippen LogP contribution in [0, 0.1) is 10.1 Å².